The number of benzene rings is 1. The summed E-state index contributed by atoms with van der Waals surface area (Å²) in [5.74, 6) is -1.39. The Kier molecular flexibility index (Phi) is 3.61. The van der Waals surface area contributed by atoms with Crippen LogP contribution in [-0.2, 0) is 0 Å². The van der Waals surface area contributed by atoms with Gasteiger partial charge in [-0.05, 0) is 40.5 Å². The third kappa shape index (κ3) is 2.56. The molecule has 0 aliphatic carbocycles. The molecule has 0 aliphatic heterocycles. The maximum atomic E-state index is 13.5. The molecule has 0 saturated heterocycles. The lowest BCUT2D eigenvalue weighted by molar-refractivity contribution is 0.214. The van der Waals surface area contributed by atoms with Gasteiger partial charge in [0.2, 0.25) is 0 Å². The number of aliphatic hydroxyl groups is 1. The van der Waals surface area contributed by atoms with Crippen LogP contribution in [0.15, 0.2) is 28.1 Å². The fraction of sp³-hybridized carbons (Fsp3) is 0.167. The number of rotatable bonds is 2. The van der Waals surface area contributed by atoms with E-state index in [4.69, 9.17) is 0 Å². The Morgan fingerprint density at radius 3 is 2.47 bits per heavy atom. The summed E-state index contributed by atoms with van der Waals surface area (Å²) in [5.41, 5.74) is 0.715. The Morgan fingerprint density at radius 2 is 1.94 bits per heavy atom. The van der Waals surface area contributed by atoms with Gasteiger partial charge >= 0.3 is 0 Å². The number of hydrogen-bond acceptors (Lipinski definition) is 2. The summed E-state index contributed by atoms with van der Waals surface area (Å²) in [6.07, 6.45) is -1.07. The lowest BCUT2D eigenvalue weighted by Gasteiger charge is -2.11. The molecule has 0 amide bonds. The van der Waals surface area contributed by atoms with E-state index in [0.29, 0.717) is 5.56 Å². The van der Waals surface area contributed by atoms with Crippen LogP contribution in [0.2, 0.25) is 0 Å². The molecule has 0 spiro atoms. The minimum atomic E-state index is -1.07. The van der Waals surface area contributed by atoms with Crippen molar-refractivity contribution < 1.29 is 13.9 Å². The van der Waals surface area contributed by atoms with Crippen LogP contribution in [0.4, 0.5) is 8.78 Å². The summed E-state index contributed by atoms with van der Waals surface area (Å²) in [4.78, 5) is 0.896. The van der Waals surface area contributed by atoms with Crippen LogP contribution >= 0.6 is 27.3 Å². The van der Waals surface area contributed by atoms with Crippen LogP contribution in [0.25, 0.3) is 0 Å². The molecular weight excluding hydrogens is 310 g/mol. The van der Waals surface area contributed by atoms with Crippen LogP contribution in [0.1, 0.15) is 22.1 Å². The Labute approximate surface area is 110 Å². The first kappa shape index (κ1) is 12.7. The molecule has 0 bridgehead atoms. The second kappa shape index (κ2) is 4.84. The normalized spacial score (nSPS) is 12.8. The van der Waals surface area contributed by atoms with Crippen molar-refractivity contribution in [3.8, 4) is 0 Å². The zero-order chi connectivity index (χ0) is 12.6. The molecule has 1 unspecified atom stereocenters. The zero-order valence-electron chi connectivity index (χ0n) is 8.88. The fourth-order valence-corrected chi connectivity index (χ4v) is 3.36. The van der Waals surface area contributed by atoms with Gasteiger partial charge in [0.15, 0.2) is 0 Å². The highest BCUT2D eigenvalue weighted by atomic mass is 79.9. The fourth-order valence-electron chi connectivity index (χ4n) is 1.62. The van der Waals surface area contributed by atoms with E-state index in [1.807, 2.05) is 6.92 Å². The topological polar surface area (TPSA) is 20.2 Å². The van der Waals surface area contributed by atoms with E-state index in [9.17, 15) is 13.9 Å². The first-order chi connectivity index (χ1) is 7.99. The van der Waals surface area contributed by atoms with Gasteiger partial charge in [0.25, 0.3) is 0 Å². The highest BCUT2D eigenvalue weighted by Crippen LogP contribution is 2.34. The molecule has 0 aliphatic rings. The summed E-state index contributed by atoms with van der Waals surface area (Å²) in [6, 6.07) is 4.92. The van der Waals surface area contributed by atoms with Gasteiger partial charge in [-0.2, -0.15) is 0 Å². The highest BCUT2D eigenvalue weighted by Gasteiger charge is 2.19. The molecule has 1 nitrogen and oxygen atoms in total. The molecule has 0 radical (unpaired) electrons. The molecule has 2 aromatic rings. The van der Waals surface area contributed by atoms with Gasteiger partial charge in [0.1, 0.15) is 17.7 Å². The minimum Gasteiger partial charge on any atom is -0.384 e. The molecule has 2 rings (SSSR count). The average molecular weight is 319 g/mol. The largest absolute Gasteiger partial charge is 0.384 e. The van der Waals surface area contributed by atoms with E-state index in [1.54, 1.807) is 6.07 Å². The SMILES string of the molecule is Cc1sc(Br)cc1C(O)c1ccc(F)cc1F. The van der Waals surface area contributed by atoms with Crippen molar-refractivity contribution in [2.24, 2.45) is 0 Å². The minimum absolute atomic E-state index is 0.0831. The van der Waals surface area contributed by atoms with E-state index in [0.717, 1.165) is 20.8 Å². The van der Waals surface area contributed by atoms with Gasteiger partial charge in [-0.25, -0.2) is 8.78 Å². The average Bonchev–Trinajstić information content (AvgIpc) is 2.57. The van der Waals surface area contributed by atoms with Crippen molar-refractivity contribution in [1.82, 2.24) is 0 Å². The molecule has 1 atom stereocenters. The number of thiophene rings is 1. The summed E-state index contributed by atoms with van der Waals surface area (Å²) in [7, 11) is 0. The Morgan fingerprint density at radius 1 is 1.24 bits per heavy atom. The van der Waals surface area contributed by atoms with Gasteiger partial charge < -0.3 is 5.11 Å². The molecule has 17 heavy (non-hydrogen) atoms. The third-order valence-corrected chi connectivity index (χ3v) is 4.05. The number of aryl methyl sites for hydroxylation is 1. The van der Waals surface area contributed by atoms with Crippen LogP contribution in [-0.4, -0.2) is 5.11 Å². The summed E-state index contributed by atoms with van der Waals surface area (Å²) < 4.78 is 27.2. The van der Waals surface area contributed by atoms with Crippen molar-refractivity contribution in [3.05, 3.63) is 55.7 Å². The molecule has 90 valence electrons. The van der Waals surface area contributed by atoms with E-state index in [1.165, 1.54) is 17.4 Å². The van der Waals surface area contributed by atoms with Crippen LogP contribution in [0, 0.1) is 18.6 Å². The maximum Gasteiger partial charge on any atom is 0.132 e. The lowest BCUT2D eigenvalue weighted by atomic mass is 10.0. The molecular formula is C12H9BrF2OS. The lowest BCUT2D eigenvalue weighted by Crippen LogP contribution is -2.03. The van der Waals surface area contributed by atoms with Crippen molar-refractivity contribution >= 4 is 27.3 Å². The molecule has 1 heterocycles. The summed E-state index contributed by atoms with van der Waals surface area (Å²) in [6.45, 7) is 1.84. The van der Waals surface area contributed by atoms with Crippen molar-refractivity contribution in [2.75, 3.05) is 0 Å². The maximum absolute atomic E-state index is 13.5. The highest BCUT2D eigenvalue weighted by molar-refractivity contribution is 9.11. The van der Waals surface area contributed by atoms with Crippen molar-refractivity contribution in [3.63, 3.8) is 0 Å². The summed E-state index contributed by atoms with van der Waals surface area (Å²) in [5, 5.41) is 10.1. The van der Waals surface area contributed by atoms with Crippen LogP contribution in [0.5, 0.6) is 0 Å². The molecule has 1 aromatic carbocycles. The third-order valence-electron chi connectivity index (χ3n) is 2.48. The van der Waals surface area contributed by atoms with Crippen LogP contribution < -0.4 is 0 Å². The Hall–Kier alpha value is -0.780. The quantitative estimate of drug-likeness (QED) is 0.880. The molecule has 0 saturated carbocycles. The number of hydrogen-bond donors (Lipinski definition) is 1. The van der Waals surface area contributed by atoms with Crippen molar-refractivity contribution in [1.29, 1.82) is 0 Å². The molecule has 1 aromatic heterocycles. The summed E-state index contributed by atoms with van der Waals surface area (Å²) >= 11 is 4.77. The first-order valence-corrected chi connectivity index (χ1v) is 6.49. The van der Waals surface area contributed by atoms with Gasteiger partial charge in [-0.1, -0.05) is 6.07 Å². The number of halogens is 3. The molecule has 1 N–H and O–H groups in total. The van der Waals surface area contributed by atoms with Gasteiger partial charge in [0.05, 0.1) is 3.79 Å². The van der Waals surface area contributed by atoms with E-state index >= 15 is 0 Å². The standard InChI is InChI=1S/C12H9BrF2OS/c1-6-9(5-11(13)17-6)12(16)8-3-2-7(14)4-10(8)15/h2-5,12,16H,1H3. The predicted molar refractivity (Wildman–Crippen MR) is 67.2 cm³/mol. The van der Waals surface area contributed by atoms with Crippen LogP contribution in [0.3, 0.4) is 0 Å². The van der Waals surface area contributed by atoms with Crippen molar-refractivity contribution in [2.45, 2.75) is 13.0 Å². The second-order valence-corrected chi connectivity index (χ2v) is 6.27. The monoisotopic (exact) mass is 318 g/mol. The van der Waals surface area contributed by atoms with Gasteiger partial charge in [-0.3, -0.25) is 0 Å². The van der Waals surface area contributed by atoms with Gasteiger partial charge in [-0.15, -0.1) is 11.3 Å². The Bertz CT molecular complexity index is 553. The zero-order valence-corrected chi connectivity index (χ0v) is 11.3. The molecule has 5 heteroatoms. The number of aliphatic hydroxyl groups excluding tert-OH is 1. The van der Waals surface area contributed by atoms with E-state index in [-0.39, 0.29) is 5.56 Å². The molecule has 0 fully saturated rings. The smallest absolute Gasteiger partial charge is 0.132 e. The van der Waals surface area contributed by atoms with Gasteiger partial charge in [0, 0.05) is 16.5 Å². The Balaban J connectivity index is 2.43. The van der Waals surface area contributed by atoms with E-state index < -0.39 is 17.7 Å². The predicted octanol–water partition coefficient (Wildman–Crippen LogP) is 4.18. The van der Waals surface area contributed by atoms with E-state index in [2.05, 4.69) is 15.9 Å². The first-order valence-electron chi connectivity index (χ1n) is 4.88. The second-order valence-electron chi connectivity index (χ2n) is 3.63.